The molecule has 3 aromatic heterocycles. The van der Waals surface area contributed by atoms with Gasteiger partial charge in [0.15, 0.2) is 5.58 Å². The highest BCUT2D eigenvalue weighted by molar-refractivity contribution is 5.91. The van der Waals surface area contributed by atoms with Crippen LogP contribution in [0.25, 0.3) is 27.9 Å². The van der Waals surface area contributed by atoms with Crippen LogP contribution in [0.4, 0.5) is 5.82 Å². The van der Waals surface area contributed by atoms with Gasteiger partial charge in [-0.15, -0.1) is 0 Å². The molecular weight excluding hydrogens is 380 g/mol. The number of carbonyl (C=O) groups excluding carboxylic acids is 1. The zero-order valence-electron chi connectivity index (χ0n) is 17.1. The molecule has 0 atom stereocenters. The molecular formula is C23H24N4O3. The van der Waals surface area contributed by atoms with E-state index in [2.05, 4.69) is 16.5 Å². The van der Waals surface area contributed by atoms with Gasteiger partial charge in [-0.25, -0.2) is 9.78 Å². The maximum Gasteiger partial charge on any atom is 0.339 e. The Morgan fingerprint density at radius 3 is 2.83 bits per heavy atom. The van der Waals surface area contributed by atoms with Crippen molar-refractivity contribution in [2.45, 2.75) is 45.1 Å². The number of anilines is 1. The van der Waals surface area contributed by atoms with Crippen LogP contribution in [-0.2, 0) is 4.74 Å². The third-order valence-corrected chi connectivity index (χ3v) is 5.91. The molecule has 1 fully saturated rings. The van der Waals surface area contributed by atoms with Gasteiger partial charge in [0.25, 0.3) is 0 Å². The molecule has 0 unspecified atom stereocenters. The molecule has 0 spiro atoms. The molecule has 1 aliphatic rings. The fourth-order valence-corrected chi connectivity index (χ4v) is 4.27. The number of nitrogens with one attached hydrogen (secondary N) is 1. The van der Waals surface area contributed by atoms with E-state index < -0.39 is 0 Å². The quantitative estimate of drug-likeness (QED) is 0.483. The van der Waals surface area contributed by atoms with Gasteiger partial charge in [-0.05, 0) is 50.1 Å². The van der Waals surface area contributed by atoms with Gasteiger partial charge in [0.2, 0.25) is 0 Å². The number of methoxy groups -OCH3 is 1. The van der Waals surface area contributed by atoms with Gasteiger partial charge < -0.3 is 14.6 Å². The van der Waals surface area contributed by atoms with E-state index in [-0.39, 0.29) is 5.97 Å². The number of aromatic nitrogens is 3. The Labute approximate surface area is 174 Å². The van der Waals surface area contributed by atoms with Gasteiger partial charge in [0.05, 0.1) is 18.4 Å². The summed E-state index contributed by atoms with van der Waals surface area (Å²) in [5.41, 5.74) is 4.71. The van der Waals surface area contributed by atoms with Crippen molar-refractivity contribution in [3.8, 4) is 11.3 Å². The number of hydrogen-bond donors (Lipinski definition) is 1. The maximum atomic E-state index is 12.1. The highest BCUT2D eigenvalue weighted by Crippen LogP contribution is 2.34. The summed E-state index contributed by atoms with van der Waals surface area (Å²) in [6, 6.07) is 9.98. The standard InChI is InChI=1S/C23H24N4O3/c1-14-18-12-15(8-10-19(18)30-26-14)21-22(24-17-6-4-3-5-7-17)27-13-16(23(28)29-2)9-11-20(27)25-21/h8-13,17,24H,3-7H2,1-2H3. The van der Waals surface area contributed by atoms with Crippen LogP contribution in [0.15, 0.2) is 41.1 Å². The number of hydrogen-bond acceptors (Lipinski definition) is 6. The fourth-order valence-electron chi connectivity index (χ4n) is 4.27. The van der Waals surface area contributed by atoms with Crippen molar-refractivity contribution in [2.75, 3.05) is 12.4 Å². The first kappa shape index (κ1) is 18.7. The lowest BCUT2D eigenvalue weighted by atomic mass is 9.95. The Bertz CT molecular complexity index is 1230. The number of imidazole rings is 1. The van der Waals surface area contributed by atoms with E-state index in [0.717, 1.165) is 52.2 Å². The van der Waals surface area contributed by atoms with Crippen LogP contribution in [0.5, 0.6) is 0 Å². The molecule has 1 saturated carbocycles. The van der Waals surface area contributed by atoms with Gasteiger partial charge in [-0.1, -0.05) is 24.4 Å². The van der Waals surface area contributed by atoms with Crippen LogP contribution in [0, 0.1) is 6.92 Å². The summed E-state index contributed by atoms with van der Waals surface area (Å²) in [4.78, 5) is 17.0. The predicted molar refractivity (Wildman–Crippen MR) is 115 cm³/mol. The summed E-state index contributed by atoms with van der Waals surface area (Å²) in [5.74, 6) is 0.536. The molecule has 7 nitrogen and oxygen atoms in total. The fraction of sp³-hybridized carbons (Fsp3) is 0.348. The maximum absolute atomic E-state index is 12.1. The SMILES string of the molecule is COC(=O)c1ccc2nc(-c3ccc4onc(C)c4c3)c(NC3CCCCC3)n2c1. The molecule has 3 heterocycles. The number of carbonyl (C=O) groups is 1. The summed E-state index contributed by atoms with van der Waals surface area (Å²) < 4.78 is 12.2. The molecule has 0 bridgehead atoms. The molecule has 1 N–H and O–H groups in total. The van der Waals surface area contributed by atoms with Crippen molar-refractivity contribution in [1.29, 1.82) is 0 Å². The van der Waals surface area contributed by atoms with Gasteiger partial charge >= 0.3 is 5.97 Å². The number of aryl methyl sites for hydroxylation is 1. The molecule has 0 amide bonds. The number of pyridine rings is 1. The van der Waals surface area contributed by atoms with E-state index in [1.165, 1.54) is 26.4 Å². The summed E-state index contributed by atoms with van der Waals surface area (Å²) in [6.45, 7) is 1.93. The lowest BCUT2D eigenvalue weighted by Gasteiger charge is -2.24. The summed E-state index contributed by atoms with van der Waals surface area (Å²) in [6.07, 6.45) is 7.80. The number of nitrogens with zero attached hydrogens (tertiary/aromatic N) is 3. The molecule has 30 heavy (non-hydrogen) atoms. The monoisotopic (exact) mass is 404 g/mol. The topological polar surface area (TPSA) is 81.7 Å². The first-order chi connectivity index (χ1) is 14.6. The van der Waals surface area contributed by atoms with Crippen molar-refractivity contribution >= 4 is 28.4 Å². The Hall–Kier alpha value is -3.35. The number of benzene rings is 1. The Kier molecular flexibility index (Phi) is 4.65. The second-order valence-corrected chi connectivity index (χ2v) is 7.90. The third-order valence-electron chi connectivity index (χ3n) is 5.91. The first-order valence-corrected chi connectivity index (χ1v) is 10.4. The van der Waals surface area contributed by atoms with Crippen LogP contribution >= 0.6 is 0 Å². The minimum atomic E-state index is -0.364. The minimum absolute atomic E-state index is 0.364. The van der Waals surface area contributed by atoms with E-state index in [1.54, 1.807) is 12.3 Å². The van der Waals surface area contributed by atoms with Crippen molar-refractivity contribution in [2.24, 2.45) is 0 Å². The second kappa shape index (κ2) is 7.48. The van der Waals surface area contributed by atoms with Crippen molar-refractivity contribution < 1.29 is 14.1 Å². The average Bonchev–Trinajstić information content (AvgIpc) is 3.34. The van der Waals surface area contributed by atoms with E-state index in [4.69, 9.17) is 14.2 Å². The number of ether oxygens (including phenoxy) is 1. The van der Waals surface area contributed by atoms with Crippen LogP contribution < -0.4 is 5.32 Å². The van der Waals surface area contributed by atoms with Gasteiger partial charge in [0, 0.05) is 23.2 Å². The smallest absolute Gasteiger partial charge is 0.339 e. The Morgan fingerprint density at radius 2 is 2.03 bits per heavy atom. The normalized spacial score (nSPS) is 15.0. The van der Waals surface area contributed by atoms with E-state index in [0.29, 0.717) is 11.6 Å². The molecule has 5 rings (SSSR count). The minimum Gasteiger partial charge on any atom is -0.465 e. The van der Waals surface area contributed by atoms with Crippen molar-refractivity contribution in [1.82, 2.24) is 14.5 Å². The Morgan fingerprint density at radius 1 is 1.20 bits per heavy atom. The zero-order valence-corrected chi connectivity index (χ0v) is 17.1. The molecule has 7 heteroatoms. The highest BCUT2D eigenvalue weighted by Gasteiger charge is 2.21. The second-order valence-electron chi connectivity index (χ2n) is 7.90. The summed E-state index contributed by atoms with van der Waals surface area (Å²) >= 11 is 0. The van der Waals surface area contributed by atoms with Crippen LogP contribution in [0.2, 0.25) is 0 Å². The zero-order chi connectivity index (χ0) is 20.7. The molecule has 4 aromatic rings. The largest absolute Gasteiger partial charge is 0.465 e. The van der Waals surface area contributed by atoms with Crippen LogP contribution in [-0.4, -0.2) is 33.7 Å². The number of rotatable bonds is 4. The summed E-state index contributed by atoms with van der Waals surface area (Å²) in [7, 11) is 1.39. The van der Waals surface area contributed by atoms with E-state index in [1.807, 2.05) is 29.5 Å². The third kappa shape index (κ3) is 3.20. The predicted octanol–water partition coefficient (Wildman–Crippen LogP) is 4.98. The molecule has 0 saturated heterocycles. The molecule has 1 aliphatic carbocycles. The molecule has 0 aliphatic heterocycles. The van der Waals surface area contributed by atoms with Gasteiger partial charge in [-0.2, -0.15) is 0 Å². The highest BCUT2D eigenvalue weighted by atomic mass is 16.5. The lowest BCUT2D eigenvalue weighted by Crippen LogP contribution is -2.23. The lowest BCUT2D eigenvalue weighted by molar-refractivity contribution is 0.0600. The molecule has 154 valence electrons. The van der Waals surface area contributed by atoms with Gasteiger partial charge in [-0.3, -0.25) is 4.40 Å². The number of esters is 1. The van der Waals surface area contributed by atoms with Crippen molar-refractivity contribution in [3.63, 3.8) is 0 Å². The van der Waals surface area contributed by atoms with E-state index >= 15 is 0 Å². The van der Waals surface area contributed by atoms with Crippen LogP contribution in [0.1, 0.15) is 48.2 Å². The molecule has 0 radical (unpaired) electrons. The Balaban J connectivity index is 1.67. The van der Waals surface area contributed by atoms with Gasteiger partial charge in [0.1, 0.15) is 17.2 Å². The van der Waals surface area contributed by atoms with Crippen LogP contribution in [0.3, 0.4) is 0 Å². The first-order valence-electron chi connectivity index (χ1n) is 10.4. The van der Waals surface area contributed by atoms with E-state index in [9.17, 15) is 4.79 Å². The average molecular weight is 404 g/mol. The summed E-state index contributed by atoms with van der Waals surface area (Å²) in [5, 5.41) is 8.76. The number of fused-ring (bicyclic) bond motifs is 2. The van der Waals surface area contributed by atoms with Crippen molar-refractivity contribution in [3.05, 3.63) is 47.8 Å². The molecule has 1 aromatic carbocycles.